The topological polar surface area (TPSA) is 38.3 Å². The summed E-state index contributed by atoms with van der Waals surface area (Å²) in [7, 11) is 0. The van der Waals surface area contributed by atoms with E-state index in [9.17, 15) is 22.4 Å². The van der Waals surface area contributed by atoms with Crippen LogP contribution in [-0.4, -0.2) is 31.6 Å². The average molecular weight is 333 g/mol. The maximum absolute atomic E-state index is 13.7. The lowest BCUT2D eigenvalue weighted by molar-refractivity contribution is -0.140. The third kappa shape index (κ3) is 4.75. The van der Waals surface area contributed by atoms with Crippen LogP contribution in [0.15, 0.2) is 18.2 Å². The summed E-state index contributed by atoms with van der Waals surface area (Å²) < 4.78 is 56.7. The van der Waals surface area contributed by atoms with E-state index in [0.29, 0.717) is 19.3 Å². The standard InChI is InChI=1S/C16H19F4NO2/c1-10(22)13(9-21-12-4-6-23-7-5-12)11-2-3-14(15(17)8-11)16(18,19)20/h2-3,8,12-13,21H,4-7,9H2,1H3. The summed E-state index contributed by atoms with van der Waals surface area (Å²) in [5.74, 6) is -2.24. The molecule has 1 unspecified atom stereocenters. The molecule has 0 aliphatic carbocycles. The molecule has 0 radical (unpaired) electrons. The van der Waals surface area contributed by atoms with E-state index in [1.54, 1.807) is 0 Å². The largest absolute Gasteiger partial charge is 0.419 e. The van der Waals surface area contributed by atoms with Gasteiger partial charge in [0.15, 0.2) is 0 Å². The number of hydrogen-bond donors (Lipinski definition) is 1. The molecule has 0 spiro atoms. The smallest absolute Gasteiger partial charge is 0.381 e. The minimum absolute atomic E-state index is 0.199. The van der Waals surface area contributed by atoms with Gasteiger partial charge in [0, 0.05) is 25.8 Å². The van der Waals surface area contributed by atoms with Crippen molar-refractivity contribution in [1.29, 1.82) is 0 Å². The van der Waals surface area contributed by atoms with Crippen molar-refractivity contribution in [2.24, 2.45) is 0 Å². The lowest BCUT2D eigenvalue weighted by Crippen LogP contribution is -2.38. The summed E-state index contributed by atoms with van der Waals surface area (Å²) in [5, 5.41) is 3.22. The van der Waals surface area contributed by atoms with Gasteiger partial charge in [0.1, 0.15) is 11.6 Å². The maximum Gasteiger partial charge on any atom is 0.419 e. The molecule has 1 aliphatic heterocycles. The fraction of sp³-hybridized carbons (Fsp3) is 0.562. The first-order chi connectivity index (χ1) is 10.8. The number of hydrogen-bond acceptors (Lipinski definition) is 3. The van der Waals surface area contributed by atoms with Crippen molar-refractivity contribution in [2.75, 3.05) is 19.8 Å². The molecule has 1 heterocycles. The lowest BCUT2D eigenvalue weighted by Gasteiger charge is -2.25. The number of ketones is 1. The number of benzene rings is 1. The van der Waals surface area contributed by atoms with Crippen molar-refractivity contribution >= 4 is 5.78 Å². The van der Waals surface area contributed by atoms with Crippen LogP contribution in [0.1, 0.15) is 36.8 Å². The number of nitrogens with one attached hydrogen (secondary N) is 1. The van der Waals surface area contributed by atoms with E-state index in [0.717, 1.165) is 18.9 Å². The monoisotopic (exact) mass is 333 g/mol. The second kappa shape index (κ2) is 7.40. The van der Waals surface area contributed by atoms with Crippen molar-refractivity contribution in [3.8, 4) is 0 Å². The molecule has 1 fully saturated rings. The van der Waals surface area contributed by atoms with Gasteiger partial charge < -0.3 is 10.1 Å². The summed E-state index contributed by atoms with van der Waals surface area (Å²) in [6, 6.07) is 2.86. The average Bonchev–Trinajstić information content (AvgIpc) is 2.47. The summed E-state index contributed by atoms with van der Waals surface area (Å²) in [4.78, 5) is 11.8. The third-order valence-electron chi connectivity index (χ3n) is 4.02. The Morgan fingerprint density at radius 1 is 1.35 bits per heavy atom. The molecule has 1 aromatic rings. The van der Waals surface area contributed by atoms with E-state index in [4.69, 9.17) is 4.74 Å². The molecule has 1 aromatic carbocycles. The highest BCUT2D eigenvalue weighted by Crippen LogP contribution is 2.32. The molecule has 1 aliphatic rings. The molecular weight excluding hydrogens is 314 g/mol. The number of halogens is 4. The van der Waals surface area contributed by atoms with Gasteiger partial charge in [-0.3, -0.25) is 4.79 Å². The number of Topliss-reactive ketones (excluding diaryl/α,β-unsaturated/α-hetero) is 1. The molecule has 23 heavy (non-hydrogen) atoms. The number of alkyl halides is 3. The van der Waals surface area contributed by atoms with Gasteiger partial charge in [-0.1, -0.05) is 6.07 Å². The Morgan fingerprint density at radius 2 is 2.00 bits per heavy atom. The van der Waals surface area contributed by atoms with Gasteiger partial charge in [0.2, 0.25) is 0 Å². The van der Waals surface area contributed by atoms with Crippen LogP contribution in [0.4, 0.5) is 17.6 Å². The summed E-state index contributed by atoms with van der Waals surface area (Å²) in [6.45, 7) is 2.89. The van der Waals surface area contributed by atoms with Crippen LogP contribution in [0.5, 0.6) is 0 Å². The Balaban J connectivity index is 2.11. The van der Waals surface area contributed by atoms with Crippen molar-refractivity contribution in [3.63, 3.8) is 0 Å². The first kappa shape index (κ1) is 17.9. The van der Waals surface area contributed by atoms with Crippen molar-refractivity contribution in [2.45, 2.75) is 37.9 Å². The van der Waals surface area contributed by atoms with Gasteiger partial charge in [0.05, 0.1) is 11.5 Å². The Hall–Kier alpha value is -1.47. The van der Waals surface area contributed by atoms with Crippen LogP contribution in [0, 0.1) is 5.82 Å². The van der Waals surface area contributed by atoms with Crippen molar-refractivity contribution in [1.82, 2.24) is 5.32 Å². The molecule has 0 amide bonds. The Kier molecular flexibility index (Phi) is 5.75. The van der Waals surface area contributed by atoms with Gasteiger partial charge in [-0.15, -0.1) is 0 Å². The number of carbonyl (C=O) groups is 1. The summed E-state index contributed by atoms with van der Waals surface area (Å²) in [5.41, 5.74) is -1.07. The lowest BCUT2D eigenvalue weighted by atomic mass is 9.93. The molecule has 0 bridgehead atoms. The van der Waals surface area contributed by atoms with Gasteiger partial charge >= 0.3 is 6.18 Å². The molecule has 1 atom stereocenters. The first-order valence-electron chi connectivity index (χ1n) is 7.47. The van der Waals surface area contributed by atoms with Crippen LogP contribution >= 0.6 is 0 Å². The quantitative estimate of drug-likeness (QED) is 0.841. The fourth-order valence-corrected chi connectivity index (χ4v) is 2.66. The minimum atomic E-state index is -4.74. The molecule has 3 nitrogen and oxygen atoms in total. The molecular formula is C16H19F4NO2. The maximum atomic E-state index is 13.7. The van der Waals surface area contributed by atoms with Crippen molar-refractivity contribution < 1.29 is 27.1 Å². The van der Waals surface area contributed by atoms with Gasteiger partial charge in [-0.05, 0) is 37.5 Å². The second-order valence-corrected chi connectivity index (χ2v) is 5.70. The third-order valence-corrected chi connectivity index (χ3v) is 4.02. The van der Waals surface area contributed by atoms with Crippen LogP contribution in [0.25, 0.3) is 0 Å². The molecule has 1 saturated heterocycles. The van der Waals surface area contributed by atoms with E-state index in [1.165, 1.54) is 13.0 Å². The van der Waals surface area contributed by atoms with Crippen LogP contribution in [-0.2, 0) is 15.7 Å². The minimum Gasteiger partial charge on any atom is -0.381 e. The van der Waals surface area contributed by atoms with E-state index in [-0.39, 0.29) is 23.9 Å². The Morgan fingerprint density at radius 3 is 2.52 bits per heavy atom. The van der Waals surface area contributed by atoms with Crippen LogP contribution in [0.3, 0.4) is 0 Å². The Bertz CT molecular complexity index is 554. The Labute approximate surface area is 132 Å². The summed E-state index contributed by atoms with van der Waals surface area (Å²) >= 11 is 0. The van der Waals surface area contributed by atoms with Crippen LogP contribution in [0.2, 0.25) is 0 Å². The number of ether oxygens (including phenoxy) is 1. The van der Waals surface area contributed by atoms with E-state index >= 15 is 0 Å². The number of carbonyl (C=O) groups excluding carboxylic acids is 1. The van der Waals surface area contributed by atoms with Gasteiger partial charge in [-0.2, -0.15) is 13.2 Å². The zero-order chi connectivity index (χ0) is 17.0. The number of rotatable bonds is 5. The SMILES string of the molecule is CC(=O)C(CNC1CCOCC1)c1ccc(C(F)(F)F)c(F)c1. The predicted molar refractivity (Wildman–Crippen MR) is 76.7 cm³/mol. The normalized spacial score (nSPS) is 18.0. The van der Waals surface area contributed by atoms with Gasteiger partial charge in [-0.25, -0.2) is 4.39 Å². The molecule has 7 heteroatoms. The first-order valence-corrected chi connectivity index (χ1v) is 7.47. The zero-order valence-corrected chi connectivity index (χ0v) is 12.8. The zero-order valence-electron chi connectivity index (χ0n) is 12.8. The van der Waals surface area contributed by atoms with E-state index in [2.05, 4.69) is 5.32 Å². The second-order valence-electron chi connectivity index (χ2n) is 5.70. The highest BCUT2D eigenvalue weighted by Gasteiger charge is 2.34. The van der Waals surface area contributed by atoms with E-state index in [1.807, 2.05) is 0 Å². The molecule has 0 aromatic heterocycles. The molecule has 0 saturated carbocycles. The molecule has 2 rings (SSSR count). The molecule has 128 valence electrons. The highest BCUT2D eigenvalue weighted by molar-refractivity contribution is 5.83. The van der Waals surface area contributed by atoms with Crippen LogP contribution < -0.4 is 5.32 Å². The summed E-state index contributed by atoms with van der Waals surface area (Å²) in [6.07, 6.45) is -3.12. The van der Waals surface area contributed by atoms with Gasteiger partial charge in [0.25, 0.3) is 0 Å². The van der Waals surface area contributed by atoms with E-state index < -0.39 is 23.5 Å². The van der Waals surface area contributed by atoms with Crippen molar-refractivity contribution in [3.05, 3.63) is 35.1 Å². The molecule has 1 N–H and O–H groups in total. The fourth-order valence-electron chi connectivity index (χ4n) is 2.66. The predicted octanol–water partition coefficient (Wildman–Crippen LogP) is 3.29. The highest BCUT2D eigenvalue weighted by atomic mass is 19.4.